The number of hydrogen-bond donors (Lipinski definition) is 3. The van der Waals surface area contributed by atoms with Gasteiger partial charge in [-0.25, -0.2) is 4.99 Å². The first-order chi connectivity index (χ1) is 11.2. The van der Waals surface area contributed by atoms with E-state index in [0.717, 1.165) is 11.3 Å². The Labute approximate surface area is 134 Å². The molecule has 0 atom stereocenters. The largest absolute Gasteiger partial charge is 0.467 e. The lowest BCUT2D eigenvalue weighted by atomic mass is 10.2. The highest BCUT2D eigenvalue weighted by atomic mass is 16.5. The third kappa shape index (κ3) is 5.48. The number of aliphatic imine (C=N–C) groups is 1. The zero-order valence-electron chi connectivity index (χ0n) is 12.9. The van der Waals surface area contributed by atoms with E-state index in [1.807, 2.05) is 24.3 Å². The third-order valence-electron chi connectivity index (χ3n) is 3.01. The fourth-order valence-electron chi connectivity index (χ4n) is 1.91. The van der Waals surface area contributed by atoms with Gasteiger partial charge in [-0.3, -0.25) is 4.79 Å². The maximum absolute atomic E-state index is 11.7. The minimum atomic E-state index is -0.240. The van der Waals surface area contributed by atoms with Crippen molar-refractivity contribution in [1.29, 1.82) is 0 Å². The molecule has 0 saturated carbocycles. The summed E-state index contributed by atoms with van der Waals surface area (Å²) in [6.45, 7) is 0.720. The van der Waals surface area contributed by atoms with Crippen LogP contribution in [0, 0.1) is 0 Å². The zero-order chi connectivity index (χ0) is 16.5. The molecule has 0 saturated heterocycles. The number of rotatable bonds is 7. The van der Waals surface area contributed by atoms with E-state index in [-0.39, 0.29) is 18.4 Å². The van der Waals surface area contributed by atoms with Crippen molar-refractivity contribution in [3.63, 3.8) is 0 Å². The zero-order valence-corrected chi connectivity index (χ0v) is 12.9. The normalized spacial score (nSPS) is 11.3. The molecule has 2 rings (SSSR count). The van der Waals surface area contributed by atoms with Crippen molar-refractivity contribution in [2.45, 2.75) is 13.2 Å². The third-order valence-corrected chi connectivity index (χ3v) is 3.01. The molecular weight excluding hydrogens is 296 g/mol. The number of anilines is 1. The molecule has 0 fully saturated rings. The molecule has 7 nitrogen and oxygen atoms in total. The highest BCUT2D eigenvalue weighted by Crippen LogP contribution is 2.15. The van der Waals surface area contributed by atoms with E-state index in [1.165, 1.54) is 0 Å². The molecule has 0 radical (unpaired) electrons. The van der Waals surface area contributed by atoms with Crippen molar-refractivity contribution in [3.05, 3.63) is 54.0 Å². The average Bonchev–Trinajstić information content (AvgIpc) is 3.06. The molecule has 1 amide bonds. The SMILES string of the molecule is COCc1ccccc1NC(N)=NCC(=O)NCc1ccco1. The standard InChI is InChI=1S/C16H20N4O3/c1-22-11-12-5-2-3-7-14(12)20-16(17)19-10-15(21)18-9-13-6-4-8-23-13/h2-8H,9-11H2,1H3,(H,18,21)(H3,17,19,20). The van der Waals surface area contributed by atoms with Crippen LogP contribution in [0.5, 0.6) is 0 Å². The minimum Gasteiger partial charge on any atom is -0.467 e. The van der Waals surface area contributed by atoms with Crippen LogP contribution < -0.4 is 16.4 Å². The molecule has 1 heterocycles. The number of carbonyl (C=O) groups is 1. The Kier molecular flexibility index (Phi) is 6.19. The predicted molar refractivity (Wildman–Crippen MR) is 87.8 cm³/mol. The topological polar surface area (TPSA) is 102 Å². The van der Waals surface area contributed by atoms with E-state index < -0.39 is 0 Å². The van der Waals surface area contributed by atoms with Crippen LogP contribution in [-0.2, 0) is 22.7 Å². The number of nitrogens with one attached hydrogen (secondary N) is 2. The maximum Gasteiger partial charge on any atom is 0.242 e. The van der Waals surface area contributed by atoms with E-state index in [4.69, 9.17) is 14.9 Å². The van der Waals surface area contributed by atoms with Gasteiger partial charge in [0.05, 0.1) is 19.4 Å². The molecule has 0 bridgehead atoms. The van der Waals surface area contributed by atoms with Crippen LogP contribution in [0.4, 0.5) is 5.69 Å². The quantitative estimate of drug-likeness (QED) is 0.530. The van der Waals surface area contributed by atoms with Gasteiger partial charge in [0.1, 0.15) is 12.3 Å². The van der Waals surface area contributed by atoms with Crippen LogP contribution in [0.2, 0.25) is 0 Å². The molecule has 1 aromatic heterocycles. The Bertz CT molecular complexity index is 653. The van der Waals surface area contributed by atoms with Gasteiger partial charge in [0.25, 0.3) is 0 Å². The number of benzene rings is 1. The first-order valence-corrected chi connectivity index (χ1v) is 7.12. The van der Waals surface area contributed by atoms with Gasteiger partial charge in [0.2, 0.25) is 5.91 Å². The van der Waals surface area contributed by atoms with Gasteiger partial charge in [-0.15, -0.1) is 0 Å². The molecule has 23 heavy (non-hydrogen) atoms. The molecule has 0 aliphatic carbocycles. The number of methoxy groups -OCH3 is 1. The van der Waals surface area contributed by atoms with Gasteiger partial charge < -0.3 is 25.5 Å². The van der Waals surface area contributed by atoms with Gasteiger partial charge in [0.15, 0.2) is 5.96 Å². The van der Waals surface area contributed by atoms with Gasteiger partial charge in [-0.05, 0) is 18.2 Å². The highest BCUT2D eigenvalue weighted by Gasteiger charge is 2.04. The number of carbonyl (C=O) groups excluding carboxylic acids is 1. The molecule has 0 aliphatic heterocycles. The van der Waals surface area contributed by atoms with E-state index in [1.54, 1.807) is 25.5 Å². The Morgan fingerprint density at radius 1 is 1.30 bits per heavy atom. The van der Waals surface area contributed by atoms with Crippen LogP contribution in [-0.4, -0.2) is 25.5 Å². The van der Waals surface area contributed by atoms with E-state index in [0.29, 0.717) is 18.9 Å². The summed E-state index contributed by atoms with van der Waals surface area (Å²) >= 11 is 0. The maximum atomic E-state index is 11.7. The summed E-state index contributed by atoms with van der Waals surface area (Å²) in [6.07, 6.45) is 1.55. The van der Waals surface area contributed by atoms with Crippen molar-refractivity contribution < 1.29 is 13.9 Å². The van der Waals surface area contributed by atoms with Crippen molar-refractivity contribution in [3.8, 4) is 0 Å². The fourth-order valence-corrected chi connectivity index (χ4v) is 1.91. The molecule has 2 aromatic rings. The summed E-state index contributed by atoms with van der Waals surface area (Å²) in [5, 5.41) is 5.66. The molecule has 0 spiro atoms. The lowest BCUT2D eigenvalue weighted by molar-refractivity contribution is -0.119. The number of guanidine groups is 1. The molecule has 4 N–H and O–H groups in total. The fraction of sp³-hybridized carbons (Fsp3) is 0.250. The van der Waals surface area contributed by atoms with Gasteiger partial charge >= 0.3 is 0 Å². The van der Waals surface area contributed by atoms with Crippen LogP contribution in [0.25, 0.3) is 0 Å². The van der Waals surface area contributed by atoms with Gasteiger partial charge in [-0.2, -0.15) is 0 Å². The van der Waals surface area contributed by atoms with Crippen molar-refractivity contribution in [1.82, 2.24) is 5.32 Å². The number of hydrogen-bond acceptors (Lipinski definition) is 4. The number of furan rings is 1. The Hall–Kier alpha value is -2.80. The summed E-state index contributed by atoms with van der Waals surface area (Å²) in [4.78, 5) is 15.7. The second-order valence-electron chi connectivity index (χ2n) is 4.77. The second kappa shape index (κ2) is 8.60. The van der Waals surface area contributed by atoms with Crippen molar-refractivity contribution in [2.24, 2.45) is 10.7 Å². The summed E-state index contributed by atoms with van der Waals surface area (Å²) in [5.41, 5.74) is 7.56. The summed E-state index contributed by atoms with van der Waals surface area (Å²) in [6, 6.07) is 11.1. The first kappa shape index (κ1) is 16.6. The Morgan fingerprint density at radius 2 is 2.13 bits per heavy atom. The number of nitrogens with zero attached hydrogens (tertiary/aromatic N) is 1. The van der Waals surface area contributed by atoms with Crippen molar-refractivity contribution >= 4 is 17.6 Å². The molecule has 1 aromatic carbocycles. The predicted octanol–water partition coefficient (Wildman–Crippen LogP) is 1.47. The molecule has 0 aliphatic rings. The van der Waals surface area contributed by atoms with E-state index >= 15 is 0 Å². The van der Waals surface area contributed by atoms with Crippen molar-refractivity contribution in [2.75, 3.05) is 19.0 Å². The summed E-state index contributed by atoms with van der Waals surface area (Å²) in [7, 11) is 1.62. The lowest BCUT2D eigenvalue weighted by Crippen LogP contribution is -2.29. The first-order valence-electron chi connectivity index (χ1n) is 7.12. The Balaban J connectivity index is 1.84. The number of nitrogens with two attached hydrogens (primary N) is 1. The van der Waals surface area contributed by atoms with Gasteiger partial charge in [0, 0.05) is 18.4 Å². The molecular formula is C16H20N4O3. The number of amides is 1. The van der Waals surface area contributed by atoms with E-state index in [9.17, 15) is 4.79 Å². The lowest BCUT2D eigenvalue weighted by Gasteiger charge is -2.10. The second-order valence-corrected chi connectivity index (χ2v) is 4.77. The summed E-state index contributed by atoms with van der Waals surface area (Å²) in [5.74, 6) is 0.611. The van der Waals surface area contributed by atoms with E-state index in [2.05, 4.69) is 15.6 Å². The van der Waals surface area contributed by atoms with Crippen LogP contribution in [0.15, 0.2) is 52.1 Å². The molecule has 122 valence electrons. The molecule has 7 heteroatoms. The smallest absolute Gasteiger partial charge is 0.242 e. The number of para-hydroxylation sites is 1. The highest BCUT2D eigenvalue weighted by molar-refractivity contribution is 5.94. The average molecular weight is 316 g/mol. The summed E-state index contributed by atoms with van der Waals surface area (Å²) < 4.78 is 10.2. The van der Waals surface area contributed by atoms with Crippen LogP contribution in [0.1, 0.15) is 11.3 Å². The molecule has 0 unspecified atom stereocenters. The van der Waals surface area contributed by atoms with Crippen LogP contribution >= 0.6 is 0 Å². The van der Waals surface area contributed by atoms with Gasteiger partial charge in [-0.1, -0.05) is 18.2 Å². The minimum absolute atomic E-state index is 0.0635. The van der Waals surface area contributed by atoms with Crippen LogP contribution in [0.3, 0.4) is 0 Å². The monoisotopic (exact) mass is 316 g/mol. The Morgan fingerprint density at radius 3 is 2.87 bits per heavy atom. The number of ether oxygens (including phenoxy) is 1.